The number of Topliss-reactive ketones (excluding diaryl/α,β-unsaturated/α-hetero) is 1. The van der Waals surface area contributed by atoms with Gasteiger partial charge in [-0.05, 0) is 60.7 Å². The highest BCUT2D eigenvalue weighted by atomic mass is 19.1. The van der Waals surface area contributed by atoms with Crippen molar-refractivity contribution in [3.05, 3.63) is 107 Å². The number of rotatable bonds is 4. The Bertz CT molecular complexity index is 1410. The molecule has 0 saturated heterocycles. The second-order valence-electron chi connectivity index (χ2n) is 7.36. The molecule has 5 rings (SSSR count). The number of para-hydroxylation sites is 1. The molecule has 2 heterocycles. The summed E-state index contributed by atoms with van der Waals surface area (Å²) in [6.45, 7) is 0. The molecular formula is C26H17FN2O4. The Hall–Kier alpha value is -4.52. The molecule has 7 heteroatoms. The van der Waals surface area contributed by atoms with Gasteiger partial charge in [-0.1, -0.05) is 18.2 Å². The number of carbonyl (C=O) groups is 2. The van der Waals surface area contributed by atoms with Crippen molar-refractivity contribution in [2.45, 2.75) is 0 Å². The van der Waals surface area contributed by atoms with Crippen molar-refractivity contribution >= 4 is 17.8 Å². The summed E-state index contributed by atoms with van der Waals surface area (Å²) in [4.78, 5) is 24.8. The van der Waals surface area contributed by atoms with Crippen LogP contribution >= 0.6 is 0 Å². The Morgan fingerprint density at radius 1 is 1.06 bits per heavy atom. The van der Waals surface area contributed by atoms with E-state index >= 15 is 0 Å². The van der Waals surface area contributed by atoms with Crippen molar-refractivity contribution in [2.75, 3.05) is 7.11 Å². The summed E-state index contributed by atoms with van der Waals surface area (Å²) >= 11 is 0. The minimum Gasteiger partial charge on any atom is -0.465 e. The number of nitrogens with zero attached hydrogens (tertiary/aromatic N) is 2. The van der Waals surface area contributed by atoms with Crippen LogP contribution < -0.4 is 4.74 Å². The lowest BCUT2D eigenvalue weighted by molar-refractivity contribution is 0.0600. The van der Waals surface area contributed by atoms with Gasteiger partial charge >= 0.3 is 5.97 Å². The molecule has 0 fully saturated rings. The standard InChI is InChI=1S/C26H17FN2O4/c1-32-26(31)17-9-12-22-21(13-17)25(30)23(33-22)14-18-15-29(20-5-3-2-4-6-20)28-24(18)16-7-10-19(27)11-8-16/h2-15H,1H3/b23-14-. The first-order valence-corrected chi connectivity index (χ1v) is 10.1. The number of esters is 1. The van der Waals surface area contributed by atoms with E-state index < -0.39 is 5.97 Å². The number of aromatic nitrogens is 2. The van der Waals surface area contributed by atoms with Crippen molar-refractivity contribution in [2.24, 2.45) is 0 Å². The molecule has 1 aliphatic rings. The molecule has 0 amide bonds. The van der Waals surface area contributed by atoms with Gasteiger partial charge in [0.05, 0.1) is 23.9 Å². The molecule has 0 saturated carbocycles. The van der Waals surface area contributed by atoms with Gasteiger partial charge in [-0.25, -0.2) is 13.9 Å². The molecule has 0 aliphatic carbocycles. The molecule has 0 radical (unpaired) electrons. The number of ketones is 1. The first-order valence-electron chi connectivity index (χ1n) is 10.1. The first kappa shape index (κ1) is 20.4. The molecule has 0 N–H and O–H groups in total. The minimum atomic E-state index is -0.536. The molecule has 162 valence electrons. The molecule has 1 aliphatic heterocycles. The quantitative estimate of drug-likeness (QED) is 0.327. The van der Waals surface area contributed by atoms with E-state index in [4.69, 9.17) is 9.47 Å². The van der Waals surface area contributed by atoms with Gasteiger partial charge in [-0.15, -0.1) is 0 Å². The van der Waals surface area contributed by atoms with Crippen LogP contribution in [0.2, 0.25) is 0 Å². The zero-order valence-corrected chi connectivity index (χ0v) is 17.5. The summed E-state index contributed by atoms with van der Waals surface area (Å²) in [5, 5.41) is 4.67. The zero-order chi connectivity index (χ0) is 22.9. The van der Waals surface area contributed by atoms with Crippen LogP contribution in [0.15, 0.2) is 84.8 Å². The fourth-order valence-corrected chi connectivity index (χ4v) is 3.61. The van der Waals surface area contributed by atoms with Gasteiger partial charge in [-0.3, -0.25) is 4.79 Å². The van der Waals surface area contributed by atoms with Gasteiger partial charge in [-0.2, -0.15) is 5.10 Å². The van der Waals surface area contributed by atoms with Crippen LogP contribution in [0.1, 0.15) is 26.3 Å². The van der Waals surface area contributed by atoms with E-state index in [2.05, 4.69) is 5.10 Å². The van der Waals surface area contributed by atoms with E-state index in [9.17, 15) is 14.0 Å². The molecule has 0 unspecified atom stereocenters. The number of fused-ring (bicyclic) bond motifs is 1. The highest BCUT2D eigenvalue weighted by Gasteiger charge is 2.29. The smallest absolute Gasteiger partial charge is 0.337 e. The predicted octanol–water partition coefficient (Wildman–Crippen LogP) is 5.08. The van der Waals surface area contributed by atoms with Crippen LogP contribution in [0, 0.1) is 5.82 Å². The molecule has 0 spiro atoms. The Balaban J connectivity index is 1.58. The van der Waals surface area contributed by atoms with Crippen molar-refractivity contribution in [1.29, 1.82) is 0 Å². The highest BCUT2D eigenvalue weighted by Crippen LogP contribution is 2.34. The molecule has 4 aromatic rings. The van der Waals surface area contributed by atoms with Crippen LogP contribution in [0.3, 0.4) is 0 Å². The maximum absolute atomic E-state index is 13.5. The normalized spacial score (nSPS) is 13.6. The van der Waals surface area contributed by atoms with E-state index in [0.717, 1.165) is 5.69 Å². The third kappa shape index (κ3) is 3.80. The summed E-state index contributed by atoms with van der Waals surface area (Å²) in [5.41, 5.74) is 3.24. The lowest BCUT2D eigenvalue weighted by atomic mass is 10.0. The average Bonchev–Trinajstić information content (AvgIpc) is 3.41. The maximum Gasteiger partial charge on any atom is 0.337 e. The number of carbonyl (C=O) groups excluding carboxylic acids is 2. The van der Waals surface area contributed by atoms with E-state index in [1.54, 1.807) is 35.2 Å². The number of allylic oxidation sites excluding steroid dienone is 1. The summed E-state index contributed by atoms with van der Waals surface area (Å²) in [7, 11) is 1.28. The molecule has 0 atom stereocenters. The van der Waals surface area contributed by atoms with Crippen LogP contribution in [0.4, 0.5) is 4.39 Å². The third-order valence-corrected chi connectivity index (χ3v) is 5.26. The number of methoxy groups -OCH3 is 1. The van der Waals surface area contributed by atoms with Crippen LogP contribution in [0.25, 0.3) is 23.0 Å². The lowest BCUT2D eigenvalue weighted by Gasteiger charge is -2.01. The van der Waals surface area contributed by atoms with Crippen molar-refractivity contribution in [3.8, 4) is 22.7 Å². The van der Waals surface area contributed by atoms with Crippen LogP contribution in [-0.4, -0.2) is 28.6 Å². The molecule has 33 heavy (non-hydrogen) atoms. The van der Waals surface area contributed by atoms with E-state index in [-0.39, 0.29) is 28.5 Å². The lowest BCUT2D eigenvalue weighted by Crippen LogP contribution is -2.03. The SMILES string of the molecule is COC(=O)c1ccc2c(c1)C(=O)/C(=C/c1cn(-c3ccccc3)nc1-c1ccc(F)cc1)O2. The van der Waals surface area contributed by atoms with Crippen molar-refractivity contribution in [1.82, 2.24) is 9.78 Å². The molecule has 1 aromatic heterocycles. The van der Waals surface area contributed by atoms with Crippen molar-refractivity contribution in [3.63, 3.8) is 0 Å². The van der Waals surface area contributed by atoms with Crippen LogP contribution in [0.5, 0.6) is 5.75 Å². The molecule has 3 aromatic carbocycles. The number of ether oxygens (including phenoxy) is 2. The van der Waals surface area contributed by atoms with Gasteiger partial charge in [0.15, 0.2) is 5.76 Å². The topological polar surface area (TPSA) is 70.4 Å². The van der Waals surface area contributed by atoms with Crippen molar-refractivity contribution < 1.29 is 23.5 Å². The highest BCUT2D eigenvalue weighted by molar-refractivity contribution is 6.15. The summed E-state index contributed by atoms with van der Waals surface area (Å²) in [6.07, 6.45) is 3.38. The number of benzene rings is 3. The van der Waals surface area contributed by atoms with E-state index in [0.29, 0.717) is 22.6 Å². The Morgan fingerprint density at radius 3 is 2.55 bits per heavy atom. The summed E-state index contributed by atoms with van der Waals surface area (Å²) in [5.74, 6) is -0.785. The maximum atomic E-state index is 13.5. The monoisotopic (exact) mass is 440 g/mol. The van der Waals surface area contributed by atoms with E-state index in [1.807, 2.05) is 30.3 Å². The molecule has 0 bridgehead atoms. The number of hydrogen-bond acceptors (Lipinski definition) is 5. The Kier molecular flexibility index (Phi) is 5.06. The summed E-state index contributed by atoms with van der Waals surface area (Å²) in [6, 6.07) is 20.0. The van der Waals surface area contributed by atoms with Crippen LogP contribution in [-0.2, 0) is 4.74 Å². The molecule has 6 nitrogen and oxygen atoms in total. The molecular weight excluding hydrogens is 423 g/mol. The fraction of sp³-hybridized carbons (Fsp3) is 0.0385. The minimum absolute atomic E-state index is 0.1000. The van der Waals surface area contributed by atoms with Gasteiger partial charge in [0, 0.05) is 17.3 Å². The predicted molar refractivity (Wildman–Crippen MR) is 120 cm³/mol. The fourth-order valence-electron chi connectivity index (χ4n) is 3.61. The second kappa shape index (κ2) is 8.20. The Labute approximate surface area is 188 Å². The van der Waals surface area contributed by atoms with Gasteiger partial charge < -0.3 is 9.47 Å². The second-order valence-corrected chi connectivity index (χ2v) is 7.36. The zero-order valence-electron chi connectivity index (χ0n) is 17.5. The third-order valence-electron chi connectivity index (χ3n) is 5.26. The van der Waals surface area contributed by atoms with E-state index in [1.165, 1.54) is 31.4 Å². The average molecular weight is 440 g/mol. The summed E-state index contributed by atoms with van der Waals surface area (Å²) < 4.78 is 25.7. The number of halogens is 1. The number of hydrogen-bond donors (Lipinski definition) is 0. The first-order chi connectivity index (χ1) is 16.0. The largest absolute Gasteiger partial charge is 0.465 e. The van der Waals surface area contributed by atoms with Gasteiger partial charge in [0.2, 0.25) is 5.78 Å². The van der Waals surface area contributed by atoms with Gasteiger partial charge in [0.25, 0.3) is 0 Å². The Morgan fingerprint density at radius 2 is 1.82 bits per heavy atom. The van der Waals surface area contributed by atoms with Gasteiger partial charge in [0.1, 0.15) is 17.3 Å².